The Labute approximate surface area is 80.1 Å². The maximum Gasteiger partial charge on any atom is 0.135 e. The van der Waals surface area contributed by atoms with Crippen molar-refractivity contribution in [2.75, 3.05) is 6.61 Å². The van der Waals surface area contributed by atoms with Crippen molar-refractivity contribution < 1.29 is 4.74 Å². The summed E-state index contributed by atoms with van der Waals surface area (Å²) in [6.07, 6.45) is 1.84. The Morgan fingerprint density at radius 1 is 1.77 bits per heavy atom. The van der Waals surface area contributed by atoms with E-state index in [-0.39, 0.29) is 6.10 Å². The average molecular weight is 182 g/mol. The summed E-state index contributed by atoms with van der Waals surface area (Å²) < 4.78 is 5.42. The molecule has 1 N–H and O–H groups in total. The Kier molecular flexibility index (Phi) is 3.29. The highest BCUT2D eigenvalue weighted by atomic mass is 16.5. The highest BCUT2D eigenvalue weighted by Crippen LogP contribution is 2.25. The second kappa shape index (κ2) is 4.08. The summed E-state index contributed by atoms with van der Waals surface area (Å²) in [4.78, 5) is 0. The minimum atomic E-state index is -0.449. The molecule has 3 atom stereocenters. The Hall–Kier alpha value is -0.590. The van der Waals surface area contributed by atoms with Gasteiger partial charge >= 0.3 is 0 Å². The van der Waals surface area contributed by atoms with Crippen LogP contribution < -0.4 is 5.32 Å². The van der Waals surface area contributed by atoms with Gasteiger partial charge in [-0.25, -0.2) is 0 Å². The Morgan fingerprint density at radius 3 is 2.85 bits per heavy atom. The first-order valence-electron chi connectivity index (χ1n) is 4.95. The zero-order chi connectivity index (χ0) is 9.90. The lowest BCUT2D eigenvalue weighted by Crippen LogP contribution is -2.52. The molecule has 0 amide bonds. The van der Waals surface area contributed by atoms with Gasteiger partial charge in [-0.05, 0) is 20.3 Å². The average Bonchev–Trinajstić information content (AvgIpc) is 2.48. The maximum atomic E-state index is 9.14. The largest absolute Gasteiger partial charge is 0.375 e. The lowest BCUT2D eigenvalue weighted by atomic mass is 9.92. The number of hydrogen-bond donors (Lipinski definition) is 1. The van der Waals surface area contributed by atoms with Crippen LogP contribution in [-0.2, 0) is 4.74 Å². The fourth-order valence-corrected chi connectivity index (χ4v) is 1.65. The van der Waals surface area contributed by atoms with Crippen molar-refractivity contribution >= 4 is 0 Å². The molecule has 13 heavy (non-hydrogen) atoms. The second-order valence-corrected chi connectivity index (χ2v) is 3.80. The van der Waals surface area contributed by atoms with E-state index in [4.69, 9.17) is 10.00 Å². The summed E-state index contributed by atoms with van der Waals surface area (Å²) in [5, 5.41) is 12.5. The molecule has 1 saturated heterocycles. The number of nitrogens with zero attached hydrogens (tertiary/aromatic N) is 1. The quantitative estimate of drug-likeness (QED) is 0.718. The SMILES string of the molecule is CCC(C)NC1(C#N)CCOC1C. The smallest absolute Gasteiger partial charge is 0.135 e. The van der Waals surface area contributed by atoms with E-state index in [1.165, 1.54) is 0 Å². The topological polar surface area (TPSA) is 45.0 Å². The molecule has 0 saturated carbocycles. The molecule has 3 heteroatoms. The predicted octanol–water partition coefficient (Wildman–Crippen LogP) is 1.45. The van der Waals surface area contributed by atoms with Gasteiger partial charge in [0.25, 0.3) is 0 Å². The van der Waals surface area contributed by atoms with Gasteiger partial charge in [-0.15, -0.1) is 0 Å². The highest BCUT2D eigenvalue weighted by molar-refractivity contribution is 5.14. The first-order valence-corrected chi connectivity index (χ1v) is 4.95. The van der Waals surface area contributed by atoms with E-state index in [1.807, 2.05) is 6.92 Å². The third kappa shape index (κ3) is 2.01. The van der Waals surface area contributed by atoms with Crippen LogP contribution in [0.2, 0.25) is 0 Å². The van der Waals surface area contributed by atoms with E-state index in [1.54, 1.807) is 0 Å². The molecule has 1 rings (SSSR count). The van der Waals surface area contributed by atoms with Crippen molar-refractivity contribution in [1.82, 2.24) is 5.32 Å². The molecule has 1 heterocycles. The van der Waals surface area contributed by atoms with E-state index < -0.39 is 5.54 Å². The fraction of sp³-hybridized carbons (Fsp3) is 0.900. The molecule has 1 aliphatic heterocycles. The van der Waals surface area contributed by atoms with Crippen LogP contribution in [0.25, 0.3) is 0 Å². The molecular weight excluding hydrogens is 164 g/mol. The first-order chi connectivity index (χ1) is 6.14. The number of nitriles is 1. The van der Waals surface area contributed by atoms with Crippen molar-refractivity contribution in [2.24, 2.45) is 0 Å². The van der Waals surface area contributed by atoms with Crippen LogP contribution in [0.5, 0.6) is 0 Å². The molecule has 0 radical (unpaired) electrons. The zero-order valence-electron chi connectivity index (χ0n) is 8.63. The van der Waals surface area contributed by atoms with E-state index in [2.05, 4.69) is 25.2 Å². The van der Waals surface area contributed by atoms with E-state index in [9.17, 15) is 0 Å². The molecule has 1 fully saturated rings. The van der Waals surface area contributed by atoms with Gasteiger partial charge < -0.3 is 4.74 Å². The van der Waals surface area contributed by atoms with Crippen molar-refractivity contribution in [3.8, 4) is 6.07 Å². The standard InChI is InChI=1S/C10H18N2O/c1-4-8(2)12-10(7-11)5-6-13-9(10)3/h8-9,12H,4-6H2,1-3H3. The highest BCUT2D eigenvalue weighted by Gasteiger charge is 2.42. The summed E-state index contributed by atoms with van der Waals surface area (Å²) in [6, 6.07) is 2.73. The molecular formula is C10H18N2O. The number of rotatable bonds is 3. The van der Waals surface area contributed by atoms with Crippen molar-refractivity contribution in [1.29, 1.82) is 5.26 Å². The van der Waals surface area contributed by atoms with Crippen LogP contribution in [0.4, 0.5) is 0 Å². The lowest BCUT2D eigenvalue weighted by Gasteiger charge is -2.29. The Balaban J connectivity index is 2.65. The monoisotopic (exact) mass is 182 g/mol. The molecule has 3 nitrogen and oxygen atoms in total. The third-order valence-electron chi connectivity index (χ3n) is 2.87. The summed E-state index contributed by atoms with van der Waals surface area (Å²) in [7, 11) is 0. The second-order valence-electron chi connectivity index (χ2n) is 3.80. The molecule has 3 unspecified atom stereocenters. The molecule has 0 aliphatic carbocycles. The van der Waals surface area contributed by atoms with Gasteiger partial charge in [0.1, 0.15) is 5.54 Å². The summed E-state index contributed by atoms with van der Waals surface area (Å²) in [5.74, 6) is 0. The Morgan fingerprint density at radius 2 is 2.46 bits per heavy atom. The molecule has 0 aromatic heterocycles. The molecule has 0 aromatic carbocycles. The van der Waals surface area contributed by atoms with Gasteiger partial charge in [0.15, 0.2) is 0 Å². The van der Waals surface area contributed by atoms with Gasteiger partial charge in [0.2, 0.25) is 0 Å². The van der Waals surface area contributed by atoms with Gasteiger partial charge in [0.05, 0.1) is 12.2 Å². The number of nitrogens with one attached hydrogen (secondary N) is 1. The maximum absolute atomic E-state index is 9.14. The molecule has 0 spiro atoms. The number of hydrogen-bond acceptors (Lipinski definition) is 3. The first kappa shape index (κ1) is 10.5. The molecule has 0 bridgehead atoms. The predicted molar refractivity (Wildman–Crippen MR) is 51.3 cm³/mol. The number of ether oxygens (including phenoxy) is 1. The zero-order valence-corrected chi connectivity index (χ0v) is 8.63. The minimum absolute atomic E-state index is 0.00602. The van der Waals surface area contributed by atoms with Crippen LogP contribution in [0.15, 0.2) is 0 Å². The summed E-state index contributed by atoms with van der Waals surface area (Å²) in [5.41, 5.74) is -0.449. The van der Waals surface area contributed by atoms with E-state index in [0.29, 0.717) is 12.6 Å². The van der Waals surface area contributed by atoms with Crippen molar-refractivity contribution in [2.45, 2.75) is 51.3 Å². The minimum Gasteiger partial charge on any atom is -0.375 e. The van der Waals surface area contributed by atoms with Crippen LogP contribution in [0, 0.1) is 11.3 Å². The molecule has 0 aromatic rings. The Bertz CT molecular complexity index is 211. The summed E-state index contributed by atoms with van der Waals surface area (Å²) in [6.45, 7) is 6.87. The van der Waals surface area contributed by atoms with Crippen molar-refractivity contribution in [3.05, 3.63) is 0 Å². The van der Waals surface area contributed by atoms with Gasteiger partial charge in [-0.2, -0.15) is 5.26 Å². The van der Waals surface area contributed by atoms with Gasteiger partial charge in [-0.1, -0.05) is 6.92 Å². The van der Waals surface area contributed by atoms with Gasteiger partial charge in [-0.3, -0.25) is 5.32 Å². The van der Waals surface area contributed by atoms with E-state index >= 15 is 0 Å². The van der Waals surface area contributed by atoms with Crippen LogP contribution in [0.1, 0.15) is 33.6 Å². The summed E-state index contributed by atoms with van der Waals surface area (Å²) >= 11 is 0. The lowest BCUT2D eigenvalue weighted by molar-refractivity contribution is 0.0956. The normalized spacial score (nSPS) is 35.7. The van der Waals surface area contributed by atoms with Crippen LogP contribution in [0.3, 0.4) is 0 Å². The molecule has 1 aliphatic rings. The van der Waals surface area contributed by atoms with Crippen LogP contribution >= 0.6 is 0 Å². The van der Waals surface area contributed by atoms with E-state index in [0.717, 1.165) is 12.8 Å². The third-order valence-corrected chi connectivity index (χ3v) is 2.87. The van der Waals surface area contributed by atoms with Crippen LogP contribution in [-0.4, -0.2) is 24.3 Å². The molecule has 74 valence electrons. The van der Waals surface area contributed by atoms with Gasteiger partial charge in [0, 0.05) is 19.1 Å². The fourth-order valence-electron chi connectivity index (χ4n) is 1.65. The van der Waals surface area contributed by atoms with Crippen molar-refractivity contribution in [3.63, 3.8) is 0 Å².